The van der Waals surface area contributed by atoms with Gasteiger partial charge in [-0.1, -0.05) is 0 Å². The van der Waals surface area contributed by atoms with E-state index in [2.05, 4.69) is 17.3 Å². The van der Waals surface area contributed by atoms with E-state index in [9.17, 15) is 0 Å². The molecule has 0 saturated carbocycles. The van der Waals surface area contributed by atoms with Crippen LogP contribution in [0.4, 0.5) is 0 Å². The molecular weight excluding hydrogens is 224 g/mol. The van der Waals surface area contributed by atoms with Crippen LogP contribution < -0.4 is 5.32 Å². The van der Waals surface area contributed by atoms with Gasteiger partial charge in [0.05, 0.1) is 6.61 Å². The lowest BCUT2D eigenvalue weighted by molar-refractivity contribution is 0.0417. The number of nitrogens with zero attached hydrogens (tertiary/aromatic N) is 1. The van der Waals surface area contributed by atoms with Gasteiger partial charge in [-0.3, -0.25) is 0 Å². The first-order valence-corrected chi connectivity index (χ1v) is 7.81. The SMILES string of the molecule is CN(CCCC1CCNCC1)CC1CCCOC1. The summed E-state index contributed by atoms with van der Waals surface area (Å²) < 4.78 is 5.55. The van der Waals surface area contributed by atoms with Crippen LogP contribution in [0.15, 0.2) is 0 Å². The number of nitrogens with one attached hydrogen (secondary N) is 1. The van der Waals surface area contributed by atoms with Crippen LogP contribution >= 0.6 is 0 Å². The maximum Gasteiger partial charge on any atom is 0.0506 e. The zero-order chi connectivity index (χ0) is 12.6. The Labute approximate surface area is 112 Å². The van der Waals surface area contributed by atoms with Crippen molar-refractivity contribution in [3.05, 3.63) is 0 Å². The zero-order valence-corrected chi connectivity index (χ0v) is 12.0. The summed E-state index contributed by atoms with van der Waals surface area (Å²) in [6.07, 6.45) is 8.19. The molecule has 3 heteroatoms. The lowest BCUT2D eigenvalue weighted by atomic mass is 9.93. The van der Waals surface area contributed by atoms with Crippen molar-refractivity contribution in [2.75, 3.05) is 46.4 Å². The minimum atomic E-state index is 0.780. The first kappa shape index (κ1) is 14.3. The van der Waals surface area contributed by atoms with E-state index in [0.717, 1.165) is 25.0 Å². The quantitative estimate of drug-likeness (QED) is 0.786. The molecule has 2 fully saturated rings. The second kappa shape index (κ2) is 8.13. The lowest BCUT2D eigenvalue weighted by Gasteiger charge is -2.28. The van der Waals surface area contributed by atoms with Crippen molar-refractivity contribution in [2.45, 2.75) is 38.5 Å². The topological polar surface area (TPSA) is 24.5 Å². The van der Waals surface area contributed by atoms with Crippen LogP contribution in [0.5, 0.6) is 0 Å². The van der Waals surface area contributed by atoms with Crippen LogP contribution in [0.2, 0.25) is 0 Å². The number of hydrogen-bond donors (Lipinski definition) is 1. The van der Waals surface area contributed by atoms with Crippen molar-refractivity contribution < 1.29 is 4.74 Å². The van der Waals surface area contributed by atoms with Gasteiger partial charge in [-0.15, -0.1) is 0 Å². The van der Waals surface area contributed by atoms with E-state index >= 15 is 0 Å². The van der Waals surface area contributed by atoms with E-state index in [4.69, 9.17) is 4.74 Å². The van der Waals surface area contributed by atoms with Gasteiger partial charge in [-0.2, -0.15) is 0 Å². The Bertz CT molecular complexity index is 211. The minimum Gasteiger partial charge on any atom is -0.381 e. The molecule has 0 aromatic carbocycles. The normalized spacial score (nSPS) is 26.7. The van der Waals surface area contributed by atoms with Crippen molar-refractivity contribution in [3.8, 4) is 0 Å². The third-order valence-electron chi connectivity index (χ3n) is 4.44. The van der Waals surface area contributed by atoms with Crippen molar-refractivity contribution >= 4 is 0 Å². The highest BCUT2D eigenvalue weighted by Crippen LogP contribution is 2.18. The van der Waals surface area contributed by atoms with Gasteiger partial charge in [0.2, 0.25) is 0 Å². The van der Waals surface area contributed by atoms with Crippen molar-refractivity contribution in [1.29, 1.82) is 0 Å². The molecule has 2 rings (SSSR count). The van der Waals surface area contributed by atoms with Gasteiger partial charge in [0.15, 0.2) is 0 Å². The molecule has 0 bridgehead atoms. The van der Waals surface area contributed by atoms with Gasteiger partial charge in [-0.05, 0) is 77.0 Å². The molecule has 0 aromatic heterocycles. The molecule has 2 aliphatic heterocycles. The van der Waals surface area contributed by atoms with Crippen LogP contribution in [0.25, 0.3) is 0 Å². The van der Waals surface area contributed by atoms with Crippen molar-refractivity contribution in [3.63, 3.8) is 0 Å². The van der Waals surface area contributed by atoms with Gasteiger partial charge >= 0.3 is 0 Å². The highest BCUT2D eigenvalue weighted by molar-refractivity contribution is 4.70. The van der Waals surface area contributed by atoms with E-state index in [1.165, 1.54) is 64.7 Å². The van der Waals surface area contributed by atoms with Crippen LogP contribution in [0.3, 0.4) is 0 Å². The van der Waals surface area contributed by atoms with E-state index in [1.807, 2.05) is 0 Å². The molecule has 0 aromatic rings. The average Bonchev–Trinajstić information content (AvgIpc) is 2.41. The van der Waals surface area contributed by atoms with Gasteiger partial charge in [0.25, 0.3) is 0 Å². The summed E-state index contributed by atoms with van der Waals surface area (Å²) in [5.41, 5.74) is 0. The average molecular weight is 254 g/mol. The summed E-state index contributed by atoms with van der Waals surface area (Å²) in [4.78, 5) is 2.51. The van der Waals surface area contributed by atoms with Crippen LogP contribution in [0.1, 0.15) is 38.5 Å². The smallest absolute Gasteiger partial charge is 0.0506 e. The Morgan fingerprint density at radius 3 is 2.72 bits per heavy atom. The zero-order valence-electron chi connectivity index (χ0n) is 12.0. The maximum absolute atomic E-state index is 5.55. The molecule has 3 nitrogen and oxygen atoms in total. The molecule has 106 valence electrons. The van der Waals surface area contributed by atoms with Crippen molar-refractivity contribution in [2.24, 2.45) is 11.8 Å². The van der Waals surface area contributed by atoms with Gasteiger partial charge in [0.1, 0.15) is 0 Å². The summed E-state index contributed by atoms with van der Waals surface area (Å²) in [6.45, 7) is 6.93. The predicted octanol–water partition coefficient (Wildman–Crippen LogP) is 2.12. The van der Waals surface area contributed by atoms with Crippen molar-refractivity contribution in [1.82, 2.24) is 10.2 Å². The molecule has 0 amide bonds. The Morgan fingerprint density at radius 2 is 2.00 bits per heavy atom. The molecule has 0 spiro atoms. The van der Waals surface area contributed by atoms with Gasteiger partial charge in [0, 0.05) is 13.2 Å². The summed E-state index contributed by atoms with van der Waals surface area (Å²) in [5, 5.41) is 3.44. The lowest BCUT2D eigenvalue weighted by Crippen LogP contribution is -2.32. The fraction of sp³-hybridized carbons (Fsp3) is 1.00. The molecule has 2 saturated heterocycles. The molecule has 2 heterocycles. The minimum absolute atomic E-state index is 0.780. The monoisotopic (exact) mass is 254 g/mol. The standard InChI is InChI=1S/C15H30N2O/c1-17(12-15-5-3-11-18-13-15)10-2-4-14-6-8-16-9-7-14/h14-16H,2-13H2,1H3. The first-order valence-electron chi connectivity index (χ1n) is 7.81. The fourth-order valence-electron chi connectivity index (χ4n) is 3.30. The molecule has 2 aliphatic rings. The third kappa shape index (κ3) is 5.25. The van der Waals surface area contributed by atoms with Crippen LogP contribution in [0, 0.1) is 11.8 Å². The Balaban J connectivity index is 1.52. The second-order valence-corrected chi connectivity index (χ2v) is 6.18. The number of ether oxygens (including phenoxy) is 1. The Morgan fingerprint density at radius 1 is 1.17 bits per heavy atom. The Kier molecular flexibility index (Phi) is 6.46. The van der Waals surface area contributed by atoms with E-state index < -0.39 is 0 Å². The van der Waals surface area contributed by atoms with E-state index in [-0.39, 0.29) is 0 Å². The summed E-state index contributed by atoms with van der Waals surface area (Å²) in [7, 11) is 2.27. The second-order valence-electron chi connectivity index (χ2n) is 6.18. The highest BCUT2D eigenvalue weighted by atomic mass is 16.5. The maximum atomic E-state index is 5.55. The molecular formula is C15H30N2O. The molecule has 1 atom stereocenters. The predicted molar refractivity (Wildman–Crippen MR) is 75.9 cm³/mol. The number of hydrogen-bond acceptors (Lipinski definition) is 3. The molecule has 0 aliphatic carbocycles. The Hall–Kier alpha value is -0.120. The fourth-order valence-corrected chi connectivity index (χ4v) is 3.30. The number of piperidine rings is 1. The van der Waals surface area contributed by atoms with Gasteiger partial charge < -0.3 is 15.0 Å². The summed E-state index contributed by atoms with van der Waals surface area (Å²) in [6, 6.07) is 0. The molecule has 18 heavy (non-hydrogen) atoms. The highest BCUT2D eigenvalue weighted by Gasteiger charge is 2.16. The van der Waals surface area contributed by atoms with E-state index in [1.54, 1.807) is 0 Å². The molecule has 0 radical (unpaired) electrons. The number of rotatable bonds is 6. The van der Waals surface area contributed by atoms with E-state index in [0.29, 0.717) is 0 Å². The van der Waals surface area contributed by atoms with Crippen LogP contribution in [-0.4, -0.2) is 51.3 Å². The molecule has 1 N–H and O–H groups in total. The largest absolute Gasteiger partial charge is 0.381 e. The van der Waals surface area contributed by atoms with Gasteiger partial charge in [-0.25, -0.2) is 0 Å². The third-order valence-corrected chi connectivity index (χ3v) is 4.44. The summed E-state index contributed by atoms with van der Waals surface area (Å²) in [5.74, 6) is 1.76. The first-order chi connectivity index (χ1) is 8.84. The molecule has 1 unspecified atom stereocenters. The summed E-state index contributed by atoms with van der Waals surface area (Å²) >= 11 is 0. The van der Waals surface area contributed by atoms with Crippen LogP contribution in [-0.2, 0) is 4.74 Å².